The molecule has 106 valence electrons. The van der Waals surface area contributed by atoms with Crippen LogP contribution in [-0.4, -0.2) is 33.0 Å². The van der Waals surface area contributed by atoms with Crippen molar-refractivity contribution in [1.29, 1.82) is 0 Å². The van der Waals surface area contributed by atoms with E-state index in [9.17, 15) is 4.39 Å². The predicted octanol–water partition coefficient (Wildman–Crippen LogP) is 2.03. The maximum atomic E-state index is 14.1. The zero-order chi connectivity index (χ0) is 13.9. The van der Waals surface area contributed by atoms with Crippen LogP contribution in [0.4, 0.5) is 4.39 Å². The molecule has 1 atom stereocenters. The minimum Gasteiger partial charge on any atom is -0.497 e. The van der Waals surface area contributed by atoms with Crippen molar-refractivity contribution in [2.24, 2.45) is 5.73 Å². The zero-order valence-electron chi connectivity index (χ0n) is 11.3. The molecule has 1 aromatic rings. The van der Waals surface area contributed by atoms with Crippen LogP contribution in [0.1, 0.15) is 24.4 Å². The highest BCUT2D eigenvalue weighted by atomic mass is 19.1. The fourth-order valence-corrected chi connectivity index (χ4v) is 2.53. The van der Waals surface area contributed by atoms with Crippen molar-refractivity contribution in [2.45, 2.75) is 24.5 Å². The standard InChI is InChI=1S/C14H20FNO3/c1-17-10-3-4-11(12(15)9-10)13(16)14(18-2)5-7-19-8-6-14/h3-4,9,13H,5-8,16H2,1-2H3. The highest BCUT2D eigenvalue weighted by Crippen LogP contribution is 2.37. The Morgan fingerprint density at radius 1 is 1.32 bits per heavy atom. The zero-order valence-corrected chi connectivity index (χ0v) is 11.3. The van der Waals surface area contributed by atoms with E-state index in [1.807, 2.05) is 0 Å². The Kier molecular flexibility index (Phi) is 4.39. The largest absolute Gasteiger partial charge is 0.497 e. The lowest BCUT2D eigenvalue weighted by Crippen LogP contribution is -2.47. The number of methoxy groups -OCH3 is 2. The van der Waals surface area contributed by atoms with Gasteiger partial charge in [-0.05, 0) is 6.07 Å². The minimum atomic E-state index is -0.562. The Hall–Kier alpha value is -1.17. The van der Waals surface area contributed by atoms with Crippen LogP contribution in [-0.2, 0) is 9.47 Å². The molecule has 1 aromatic carbocycles. The average Bonchev–Trinajstić information content (AvgIpc) is 2.47. The first-order valence-corrected chi connectivity index (χ1v) is 6.35. The van der Waals surface area contributed by atoms with E-state index in [0.29, 0.717) is 37.4 Å². The highest BCUT2D eigenvalue weighted by molar-refractivity contribution is 5.32. The molecule has 0 saturated carbocycles. The number of halogens is 1. The summed E-state index contributed by atoms with van der Waals surface area (Å²) in [7, 11) is 3.12. The van der Waals surface area contributed by atoms with Crippen LogP contribution in [0.3, 0.4) is 0 Å². The number of nitrogens with two attached hydrogens (primary N) is 1. The van der Waals surface area contributed by atoms with Gasteiger partial charge in [0.25, 0.3) is 0 Å². The molecule has 0 radical (unpaired) electrons. The molecule has 0 amide bonds. The summed E-state index contributed by atoms with van der Waals surface area (Å²) in [6.45, 7) is 1.17. The van der Waals surface area contributed by atoms with Crippen molar-refractivity contribution in [1.82, 2.24) is 0 Å². The second kappa shape index (κ2) is 5.86. The van der Waals surface area contributed by atoms with Crippen molar-refractivity contribution in [2.75, 3.05) is 27.4 Å². The van der Waals surface area contributed by atoms with Crippen molar-refractivity contribution >= 4 is 0 Å². The van der Waals surface area contributed by atoms with Crippen LogP contribution in [0.5, 0.6) is 5.75 Å². The summed E-state index contributed by atoms with van der Waals surface area (Å²) in [6, 6.07) is 4.20. The van der Waals surface area contributed by atoms with Crippen molar-refractivity contribution in [3.8, 4) is 5.75 Å². The van der Waals surface area contributed by atoms with Crippen LogP contribution in [0.15, 0.2) is 18.2 Å². The molecule has 1 aliphatic heterocycles. The summed E-state index contributed by atoms with van der Waals surface area (Å²) in [5.74, 6) is 0.113. The van der Waals surface area contributed by atoms with Gasteiger partial charge >= 0.3 is 0 Å². The Bertz CT molecular complexity index is 433. The van der Waals surface area contributed by atoms with Crippen molar-refractivity contribution < 1.29 is 18.6 Å². The van der Waals surface area contributed by atoms with Crippen LogP contribution in [0, 0.1) is 5.82 Å². The molecule has 1 aliphatic rings. The summed E-state index contributed by atoms with van der Waals surface area (Å²) in [5, 5.41) is 0. The van der Waals surface area contributed by atoms with Gasteiger partial charge in [-0.25, -0.2) is 4.39 Å². The summed E-state index contributed by atoms with van der Waals surface area (Å²) in [4.78, 5) is 0. The average molecular weight is 269 g/mol. The first-order chi connectivity index (χ1) is 9.13. The van der Waals surface area contributed by atoms with Gasteiger partial charge < -0.3 is 19.9 Å². The van der Waals surface area contributed by atoms with E-state index < -0.39 is 11.6 Å². The van der Waals surface area contributed by atoms with Gasteiger partial charge in [0.15, 0.2) is 0 Å². The first-order valence-electron chi connectivity index (χ1n) is 6.35. The van der Waals surface area contributed by atoms with Gasteiger partial charge in [-0.1, -0.05) is 6.07 Å². The fraction of sp³-hybridized carbons (Fsp3) is 0.571. The number of hydrogen-bond acceptors (Lipinski definition) is 4. The molecular formula is C14H20FNO3. The number of hydrogen-bond donors (Lipinski definition) is 1. The van der Waals surface area contributed by atoms with Crippen LogP contribution in [0.2, 0.25) is 0 Å². The molecule has 2 rings (SSSR count). The van der Waals surface area contributed by atoms with Gasteiger partial charge in [-0.3, -0.25) is 0 Å². The van der Waals surface area contributed by atoms with E-state index in [2.05, 4.69) is 0 Å². The maximum Gasteiger partial charge on any atom is 0.131 e. The lowest BCUT2D eigenvalue weighted by Gasteiger charge is -2.40. The fourth-order valence-electron chi connectivity index (χ4n) is 2.53. The quantitative estimate of drug-likeness (QED) is 0.908. The van der Waals surface area contributed by atoms with Gasteiger partial charge in [0.1, 0.15) is 11.6 Å². The topological polar surface area (TPSA) is 53.7 Å². The minimum absolute atomic E-state index is 0.366. The Labute approximate surface area is 112 Å². The number of ether oxygens (including phenoxy) is 3. The van der Waals surface area contributed by atoms with Crippen LogP contribution in [0.25, 0.3) is 0 Å². The molecule has 0 aromatic heterocycles. The summed E-state index contributed by atoms with van der Waals surface area (Å²) >= 11 is 0. The van der Waals surface area contributed by atoms with E-state index in [0.717, 1.165) is 0 Å². The van der Waals surface area contributed by atoms with Gasteiger partial charge in [0.05, 0.1) is 18.8 Å². The molecule has 5 heteroatoms. The van der Waals surface area contributed by atoms with Gasteiger partial charge in [-0.2, -0.15) is 0 Å². The normalized spacial score (nSPS) is 20.0. The van der Waals surface area contributed by atoms with Gasteiger partial charge in [0, 0.05) is 44.8 Å². The molecule has 4 nitrogen and oxygen atoms in total. The summed E-state index contributed by atoms with van der Waals surface area (Å²) < 4.78 is 30.0. The molecule has 2 N–H and O–H groups in total. The van der Waals surface area contributed by atoms with E-state index in [-0.39, 0.29) is 5.82 Å². The van der Waals surface area contributed by atoms with E-state index in [1.54, 1.807) is 19.2 Å². The third-order valence-corrected chi connectivity index (χ3v) is 3.86. The molecule has 1 heterocycles. The predicted molar refractivity (Wildman–Crippen MR) is 69.7 cm³/mol. The number of benzene rings is 1. The van der Waals surface area contributed by atoms with E-state index in [1.165, 1.54) is 13.2 Å². The van der Waals surface area contributed by atoms with Crippen molar-refractivity contribution in [3.05, 3.63) is 29.6 Å². The Morgan fingerprint density at radius 2 is 2.00 bits per heavy atom. The summed E-state index contributed by atoms with van der Waals surface area (Å²) in [6.07, 6.45) is 1.33. The molecule has 1 saturated heterocycles. The molecule has 1 fully saturated rings. The van der Waals surface area contributed by atoms with Gasteiger partial charge in [-0.15, -0.1) is 0 Å². The maximum absolute atomic E-state index is 14.1. The lowest BCUT2D eigenvalue weighted by atomic mass is 9.82. The molecule has 1 unspecified atom stereocenters. The Morgan fingerprint density at radius 3 is 2.53 bits per heavy atom. The molecule has 0 aliphatic carbocycles. The molecule has 0 spiro atoms. The van der Waals surface area contributed by atoms with Crippen LogP contribution < -0.4 is 10.5 Å². The first kappa shape index (κ1) is 14.2. The highest BCUT2D eigenvalue weighted by Gasteiger charge is 2.40. The Balaban J connectivity index is 2.29. The van der Waals surface area contributed by atoms with Gasteiger partial charge in [0.2, 0.25) is 0 Å². The summed E-state index contributed by atoms with van der Waals surface area (Å²) in [5.41, 5.74) is 6.13. The van der Waals surface area contributed by atoms with E-state index >= 15 is 0 Å². The lowest BCUT2D eigenvalue weighted by molar-refractivity contribution is -0.105. The monoisotopic (exact) mass is 269 g/mol. The van der Waals surface area contributed by atoms with Crippen LogP contribution >= 0.6 is 0 Å². The third-order valence-electron chi connectivity index (χ3n) is 3.86. The SMILES string of the molecule is COc1ccc(C(N)C2(OC)CCOCC2)c(F)c1. The van der Waals surface area contributed by atoms with Crippen molar-refractivity contribution in [3.63, 3.8) is 0 Å². The second-order valence-electron chi connectivity index (χ2n) is 4.75. The molecular weight excluding hydrogens is 249 g/mol. The smallest absolute Gasteiger partial charge is 0.131 e. The van der Waals surface area contributed by atoms with E-state index in [4.69, 9.17) is 19.9 Å². The second-order valence-corrected chi connectivity index (χ2v) is 4.75. The number of rotatable bonds is 4. The molecule has 0 bridgehead atoms. The molecule has 19 heavy (non-hydrogen) atoms. The third kappa shape index (κ3) is 2.73.